The van der Waals surface area contributed by atoms with E-state index in [0.29, 0.717) is 24.0 Å². The predicted molar refractivity (Wildman–Crippen MR) is 77.3 cm³/mol. The van der Waals surface area contributed by atoms with Crippen molar-refractivity contribution >= 4 is 16.7 Å². The van der Waals surface area contributed by atoms with Crippen molar-refractivity contribution in [3.8, 4) is 0 Å². The molecule has 0 radical (unpaired) electrons. The Bertz CT molecular complexity index is 770. The Hall–Kier alpha value is -2.15. The average molecular weight is 291 g/mol. The molecule has 0 saturated heterocycles. The first kappa shape index (κ1) is 13.8. The van der Waals surface area contributed by atoms with Crippen LogP contribution < -0.4 is 5.69 Å². The Morgan fingerprint density at radius 1 is 1.38 bits per heavy atom. The Labute approximate surface area is 120 Å². The van der Waals surface area contributed by atoms with E-state index in [4.69, 9.17) is 0 Å². The Morgan fingerprint density at radius 2 is 2.10 bits per heavy atom. The van der Waals surface area contributed by atoms with Gasteiger partial charge in [-0.25, -0.2) is 4.79 Å². The molecular formula is C14H17N3O4. The number of benzene rings is 1. The van der Waals surface area contributed by atoms with Crippen LogP contribution in [0.4, 0.5) is 5.69 Å². The first-order chi connectivity index (χ1) is 9.91. The lowest BCUT2D eigenvalue weighted by molar-refractivity contribution is -0.384. The number of hydrogen-bond donors (Lipinski definition) is 1. The van der Waals surface area contributed by atoms with Crippen LogP contribution in [0.15, 0.2) is 23.0 Å². The van der Waals surface area contributed by atoms with Gasteiger partial charge in [-0.3, -0.25) is 19.2 Å². The highest BCUT2D eigenvalue weighted by atomic mass is 16.6. The highest BCUT2D eigenvalue weighted by molar-refractivity contribution is 5.78. The fourth-order valence-electron chi connectivity index (χ4n) is 2.88. The molecule has 1 heterocycles. The SMILES string of the molecule is Cn1c(=O)n(CCC2(O)CCC2)c2cc([N+](=O)[O-])ccc21. The summed E-state index contributed by atoms with van der Waals surface area (Å²) in [5, 5.41) is 21.0. The van der Waals surface area contributed by atoms with Gasteiger partial charge in [-0.05, 0) is 31.7 Å². The largest absolute Gasteiger partial charge is 0.390 e. The van der Waals surface area contributed by atoms with Crippen LogP contribution in [0.5, 0.6) is 0 Å². The monoisotopic (exact) mass is 291 g/mol. The number of fused-ring (bicyclic) bond motifs is 1. The molecule has 1 saturated carbocycles. The van der Waals surface area contributed by atoms with Crippen LogP contribution in [0.3, 0.4) is 0 Å². The summed E-state index contributed by atoms with van der Waals surface area (Å²) in [6.45, 7) is 0.369. The third kappa shape index (κ3) is 2.23. The minimum absolute atomic E-state index is 0.0378. The second-order valence-electron chi connectivity index (χ2n) is 5.75. The second kappa shape index (κ2) is 4.70. The number of rotatable bonds is 4. The first-order valence-corrected chi connectivity index (χ1v) is 6.97. The summed E-state index contributed by atoms with van der Waals surface area (Å²) in [5.41, 5.74) is 0.269. The van der Waals surface area contributed by atoms with Gasteiger partial charge in [0.05, 0.1) is 21.6 Å². The molecule has 7 nitrogen and oxygen atoms in total. The van der Waals surface area contributed by atoms with E-state index in [0.717, 1.165) is 19.3 Å². The lowest BCUT2D eigenvalue weighted by Gasteiger charge is -2.36. The van der Waals surface area contributed by atoms with Crippen LogP contribution in [0.2, 0.25) is 0 Å². The molecule has 1 aromatic carbocycles. The van der Waals surface area contributed by atoms with Gasteiger partial charge in [0.2, 0.25) is 0 Å². The Balaban J connectivity index is 2.03. The molecule has 3 rings (SSSR count). The zero-order valence-electron chi connectivity index (χ0n) is 11.8. The average Bonchev–Trinajstić information content (AvgIpc) is 2.66. The molecule has 0 amide bonds. The molecule has 21 heavy (non-hydrogen) atoms. The molecule has 0 bridgehead atoms. The van der Waals surface area contributed by atoms with E-state index in [-0.39, 0.29) is 11.4 Å². The fraction of sp³-hybridized carbons (Fsp3) is 0.500. The highest BCUT2D eigenvalue weighted by Gasteiger charge is 2.34. The van der Waals surface area contributed by atoms with Gasteiger partial charge in [0.15, 0.2) is 0 Å². The summed E-state index contributed by atoms with van der Waals surface area (Å²) >= 11 is 0. The molecule has 2 aromatic rings. The van der Waals surface area contributed by atoms with Crippen LogP contribution in [-0.4, -0.2) is 24.8 Å². The molecule has 0 atom stereocenters. The predicted octanol–water partition coefficient (Wildman–Crippen LogP) is 1.55. The van der Waals surface area contributed by atoms with Gasteiger partial charge in [-0.1, -0.05) is 0 Å². The number of aromatic nitrogens is 2. The number of nitro benzene ring substituents is 1. The van der Waals surface area contributed by atoms with Gasteiger partial charge < -0.3 is 5.11 Å². The summed E-state index contributed by atoms with van der Waals surface area (Å²) < 4.78 is 2.99. The van der Waals surface area contributed by atoms with Crippen molar-refractivity contribution in [3.05, 3.63) is 38.8 Å². The summed E-state index contributed by atoms with van der Waals surface area (Å²) in [7, 11) is 1.64. The number of non-ortho nitro benzene ring substituents is 1. The second-order valence-corrected chi connectivity index (χ2v) is 5.75. The zero-order valence-corrected chi connectivity index (χ0v) is 11.8. The third-order valence-corrected chi connectivity index (χ3v) is 4.42. The van der Waals surface area contributed by atoms with Gasteiger partial charge in [0.1, 0.15) is 0 Å². The normalized spacial score (nSPS) is 16.9. The van der Waals surface area contributed by atoms with Crippen molar-refractivity contribution < 1.29 is 10.0 Å². The van der Waals surface area contributed by atoms with Gasteiger partial charge in [0.25, 0.3) is 5.69 Å². The van der Waals surface area contributed by atoms with Crippen molar-refractivity contribution in [3.63, 3.8) is 0 Å². The summed E-state index contributed by atoms with van der Waals surface area (Å²) in [4.78, 5) is 22.7. The van der Waals surface area contributed by atoms with E-state index in [1.54, 1.807) is 13.1 Å². The van der Waals surface area contributed by atoms with E-state index in [2.05, 4.69) is 0 Å². The van der Waals surface area contributed by atoms with Gasteiger partial charge in [0, 0.05) is 25.7 Å². The number of imidazole rings is 1. The van der Waals surface area contributed by atoms with E-state index >= 15 is 0 Å². The summed E-state index contributed by atoms with van der Waals surface area (Å²) in [6, 6.07) is 4.40. The summed E-state index contributed by atoms with van der Waals surface area (Å²) in [5.74, 6) is 0. The molecule has 0 aliphatic heterocycles. The molecule has 1 aliphatic carbocycles. The number of hydrogen-bond acceptors (Lipinski definition) is 4. The van der Waals surface area contributed by atoms with E-state index in [1.807, 2.05) is 0 Å². The van der Waals surface area contributed by atoms with Gasteiger partial charge in [-0.2, -0.15) is 0 Å². The Kier molecular flexibility index (Phi) is 3.09. The molecule has 1 fully saturated rings. The van der Waals surface area contributed by atoms with Gasteiger partial charge in [-0.15, -0.1) is 0 Å². The summed E-state index contributed by atoms with van der Waals surface area (Å²) in [6.07, 6.45) is 3.01. The minimum Gasteiger partial charge on any atom is -0.390 e. The topological polar surface area (TPSA) is 90.3 Å². The maximum atomic E-state index is 12.3. The molecule has 112 valence electrons. The van der Waals surface area contributed by atoms with Crippen LogP contribution in [0.25, 0.3) is 11.0 Å². The van der Waals surface area contributed by atoms with Crippen LogP contribution in [0.1, 0.15) is 25.7 Å². The fourth-order valence-corrected chi connectivity index (χ4v) is 2.88. The molecule has 1 aliphatic rings. The number of aliphatic hydroxyl groups is 1. The lowest BCUT2D eigenvalue weighted by Crippen LogP contribution is -2.38. The standard InChI is InChI=1S/C14H17N3O4/c1-15-11-4-3-10(17(20)21)9-12(11)16(13(15)18)8-7-14(19)5-2-6-14/h3-4,9,19H,2,5-8H2,1H3. The zero-order chi connectivity index (χ0) is 15.2. The van der Waals surface area contributed by atoms with Crippen molar-refractivity contribution in [1.82, 2.24) is 9.13 Å². The third-order valence-electron chi connectivity index (χ3n) is 4.42. The van der Waals surface area contributed by atoms with Crippen molar-refractivity contribution in [2.75, 3.05) is 0 Å². The minimum atomic E-state index is -0.678. The number of nitrogens with zero attached hydrogens (tertiary/aromatic N) is 3. The van der Waals surface area contributed by atoms with E-state index in [9.17, 15) is 20.0 Å². The Morgan fingerprint density at radius 3 is 2.67 bits per heavy atom. The smallest absolute Gasteiger partial charge is 0.328 e. The number of nitro groups is 1. The van der Waals surface area contributed by atoms with E-state index < -0.39 is 10.5 Å². The maximum absolute atomic E-state index is 12.3. The molecular weight excluding hydrogens is 274 g/mol. The molecule has 0 unspecified atom stereocenters. The quantitative estimate of drug-likeness (QED) is 0.683. The maximum Gasteiger partial charge on any atom is 0.328 e. The number of aryl methyl sites for hydroxylation is 2. The molecule has 1 aromatic heterocycles. The molecule has 1 N–H and O–H groups in total. The van der Waals surface area contributed by atoms with Crippen molar-refractivity contribution in [1.29, 1.82) is 0 Å². The van der Waals surface area contributed by atoms with Crippen LogP contribution >= 0.6 is 0 Å². The molecule has 7 heteroatoms. The lowest BCUT2D eigenvalue weighted by atomic mass is 9.78. The van der Waals surface area contributed by atoms with Crippen LogP contribution in [0, 0.1) is 10.1 Å². The highest BCUT2D eigenvalue weighted by Crippen LogP contribution is 2.35. The van der Waals surface area contributed by atoms with Gasteiger partial charge >= 0.3 is 5.69 Å². The first-order valence-electron chi connectivity index (χ1n) is 6.97. The van der Waals surface area contributed by atoms with Crippen molar-refractivity contribution in [2.24, 2.45) is 7.05 Å². The van der Waals surface area contributed by atoms with Crippen molar-refractivity contribution in [2.45, 2.75) is 37.8 Å². The van der Waals surface area contributed by atoms with E-state index in [1.165, 1.54) is 21.3 Å². The molecule has 0 spiro atoms. The van der Waals surface area contributed by atoms with Crippen LogP contribution in [-0.2, 0) is 13.6 Å².